The summed E-state index contributed by atoms with van der Waals surface area (Å²) in [5.74, 6) is 0. The van der Waals surface area contributed by atoms with Crippen LogP contribution in [0.1, 0.15) is 5.56 Å². The number of carbonyl (C=O) groups is 1. The molecule has 3 rings (SSSR count). The highest BCUT2D eigenvalue weighted by Crippen LogP contribution is 2.18. The average molecular weight is 330 g/mol. The van der Waals surface area contributed by atoms with Crippen LogP contribution >= 0.6 is 11.6 Å². The van der Waals surface area contributed by atoms with Crippen LogP contribution in [0, 0.1) is 6.92 Å². The number of hydrogen-bond acceptors (Lipinski definition) is 2. The van der Waals surface area contributed by atoms with Crippen LogP contribution in [-0.2, 0) is 0 Å². The lowest BCUT2D eigenvalue weighted by Crippen LogP contribution is -2.50. The van der Waals surface area contributed by atoms with Crippen molar-refractivity contribution in [2.75, 3.05) is 36.4 Å². The monoisotopic (exact) mass is 329 g/mol. The Morgan fingerprint density at radius 3 is 2.17 bits per heavy atom. The Morgan fingerprint density at radius 2 is 1.57 bits per heavy atom. The van der Waals surface area contributed by atoms with E-state index >= 15 is 0 Å². The lowest BCUT2D eigenvalue weighted by atomic mass is 10.2. The van der Waals surface area contributed by atoms with Crippen molar-refractivity contribution in [3.05, 3.63) is 59.1 Å². The fraction of sp³-hybridized carbons (Fsp3) is 0.278. The first-order chi connectivity index (χ1) is 11.1. The van der Waals surface area contributed by atoms with E-state index in [4.69, 9.17) is 11.6 Å². The first kappa shape index (κ1) is 15.7. The van der Waals surface area contributed by atoms with Crippen molar-refractivity contribution in [3.63, 3.8) is 0 Å². The van der Waals surface area contributed by atoms with Crippen molar-refractivity contribution in [3.8, 4) is 0 Å². The normalized spacial score (nSPS) is 14.7. The predicted molar refractivity (Wildman–Crippen MR) is 95.4 cm³/mol. The molecule has 0 radical (unpaired) electrons. The van der Waals surface area contributed by atoms with Gasteiger partial charge in [-0.2, -0.15) is 0 Å². The highest BCUT2D eigenvalue weighted by atomic mass is 35.5. The lowest BCUT2D eigenvalue weighted by molar-refractivity contribution is 0.208. The zero-order chi connectivity index (χ0) is 16.2. The molecule has 1 aliphatic heterocycles. The molecule has 0 atom stereocenters. The van der Waals surface area contributed by atoms with E-state index in [2.05, 4.69) is 41.4 Å². The maximum absolute atomic E-state index is 12.3. The van der Waals surface area contributed by atoms with Crippen LogP contribution in [0.2, 0.25) is 5.02 Å². The van der Waals surface area contributed by atoms with Gasteiger partial charge in [-0.05, 0) is 43.3 Å². The van der Waals surface area contributed by atoms with Crippen molar-refractivity contribution >= 4 is 29.0 Å². The van der Waals surface area contributed by atoms with E-state index < -0.39 is 0 Å². The molecule has 1 aliphatic rings. The second kappa shape index (κ2) is 6.92. The van der Waals surface area contributed by atoms with Gasteiger partial charge in [-0.1, -0.05) is 29.3 Å². The number of rotatable bonds is 2. The number of nitrogens with one attached hydrogen (secondary N) is 1. The summed E-state index contributed by atoms with van der Waals surface area (Å²) >= 11 is 5.85. The standard InChI is InChI=1S/C18H20ClN3O/c1-14-2-8-17(9-3-14)21-10-12-22(13-11-21)18(23)20-16-6-4-15(19)5-7-16/h2-9H,10-13H2,1H3,(H,20,23). The Hall–Kier alpha value is -2.20. The largest absolute Gasteiger partial charge is 0.368 e. The SMILES string of the molecule is Cc1ccc(N2CCN(C(=O)Nc3ccc(Cl)cc3)CC2)cc1. The van der Waals surface area contributed by atoms with Crippen LogP contribution in [0.3, 0.4) is 0 Å². The van der Waals surface area contributed by atoms with Gasteiger partial charge in [0.25, 0.3) is 0 Å². The number of nitrogens with zero attached hydrogens (tertiary/aromatic N) is 2. The minimum atomic E-state index is -0.0594. The molecule has 4 nitrogen and oxygen atoms in total. The van der Waals surface area contributed by atoms with E-state index in [1.165, 1.54) is 11.3 Å². The Balaban J connectivity index is 1.54. The van der Waals surface area contributed by atoms with E-state index in [0.717, 1.165) is 18.8 Å². The number of halogens is 1. The molecule has 1 heterocycles. The number of piperazine rings is 1. The predicted octanol–water partition coefficient (Wildman–Crippen LogP) is 4.00. The molecular weight excluding hydrogens is 310 g/mol. The summed E-state index contributed by atoms with van der Waals surface area (Å²) in [6.45, 7) is 5.21. The van der Waals surface area contributed by atoms with Crippen molar-refractivity contribution in [1.29, 1.82) is 0 Å². The quantitative estimate of drug-likeness (QED) is 0.903. The summed E-state index contributed by atoms with van der Waals surface area (Å²) in [5.41, 5.74) is 3.24. The van der Waals surface area contributed by atoms with Crippen molar-refractivity contribution < 1.29 is 4.79 Å². The maximum Gasteiger partial charge on any atom is 0.321 e. The molecule has 1 saturated heterocycles. The summed E-state index contributed by atoms with van der Waals surface area (Å²) in [7, 11) is 0. The molecule has 23 heavy (non-hydrogen) atoms. The molecule has 1 fully saturated rings. The smallest absolute Gasteiger partial charge is 0.321 e. The molecule has 2 aromatic rings. The zero-order valence-electron chi connectivity index (χ0n) is 13.1. The molecule has 0 saturated carbocycles. The minimum absolute atomic E-state index is 0.0594. The molecule has 0 aromatic heterocycles. The number of anilines is 2. The zero-order valence-corrected chi connectivity index (χ0v) is 13.9. The number of amides is 2. The van der Waals surface area contributed by atoms with Gasteiger partial charge in [-0.15, -0.1) is 0 Å². The molecule has 0 unspecified atom stereocenters. The first-order valence-corrected chi connectivity index (χ1v) is 8.13. The third kappa shape index (κ3) is 3.96. The van der Waals surface area contributed by atoms with Gasteiger partial charge in [0.05, 0.1) is 0 Å². The minimum Gasteiger partial charge on any atom is -0.368 e. The van der Waals surface area contributed by atoms with Gasteiger partial charge in [0.15, 0.2) is 0 Å². The first-order valence-electron chi connectivity index (χ1n) is 7.75. The number of hydrogen-bond donors (Lipinski definition) is 1. The van der Waals surface area contributed by atoms with Crippen LogP contribution in [0.15, 0.2) is 48.5 Å². The van der Waals surface area contributed by atoms with Gasteiger partial charge >= 0.3 is 6.03 Å². The number of benzene rings is 2. The maximum atomic E-state index is 12.3. The summed E-state index contributed by atoms with van der Waals surface area (Å²) in [4.78, 5) is 16.5. The topological polar surface area (TPSA) is 35.6 Å². The van der Waals surface area contributed by atoms with E-state index in [1.807, 2.05) is 17.0 Å². The van der Waals surface area contributed by atoms with Crippen LogP contribution in [0.25, 0.3) is 0 Å². The number of carbonyl (C=O) groups excluding carboxylic acids is 1. The van der Waals surface area contributed by atoms with Gasteiger partial charge in [-0.3, -0.25) is 0 Å². The average Bonchev–Trinajstić information content (AvgIpc) is 2.58. The Kier molecular flexibility index (Phi) is 4.72. The Bertz CT molecular complexity index is 662. The highest BCUT2D eigenvalue weighted by Gasteiger charge is 2.21. The second-order valence-electron chi connectivity index (χ2n) is 5.75. The Labute approximate surface area is 141 Å². The van der Waals surface area contributed by atoms with Gasteiger partial charge < -0.3 is 15.1 Å². The molecule has 0 spiro atoms. The van der Waals surface area contributed by atoms with Gasteiger partial charge in [-0.25, -0.2) is 4.79 Å². The van der Waals surface area contributed by atoms with E-state index in [0.29, 0.717) is 18.1 Å². The van der Waals surface area contributed by atoms with Crippen molar-refractivity contribution in [2.24, 2.45) is 0 Å². The third-order valence-electron chi connectivity index (χ3n) is 4.06. The van der Waals surface area contributed by atoms with Crippen LogP contribution < -0.4 is 10.2 Å². The molecule has 1 N–H and O–H groups in total. The van der Waals surface area contributed by atoms with E-state index in [1.54, 1.807) is 12.1 Å². The second-order valence-corrected chi connectivity index (χ2v) is 6.18. The van der Waals surface area contributed by atoms with Crippen molar-refractivity contribution in [2.45, 2.75) is 6.92 Å². The summed E-state index contributed by atoms with van der Waals surface area (Å²) in [5, 5.41) is 3.57. The third-order valence-corrected chi connectivity index (χ3v) is 4.31. The lowest BCUT2D eigenvalue weighted by Gasteiger charge is -2.36. The summed E-state index contributed by atoms with van der Waals surface area (Å²) in [6, 6.07) is 15.6. The Morgan fingerprint density at radius 1 is 0.957 bits per heavy atom. The molecule has 0 aliphatic carbocycles. The van der Waals surface area contributed by atoms with Crippen LogP contribution in [-0.4, -0.2) is 37.1 Å². The molecule has 120 valence electrons. The molecule has 5 heteroatoms. The van der Waals surface area contributed by atoms with E-state index in [-0.39, 0.29) is 6.03 Å². The summed E-state index contributed by atoms with van der Waals surface area (Å²) in [6.07, 6.45) is 0. The van der Waals surface area contributed by atoms with Crippen LogP contribution in [0.5, 0.6) is 0 Å². The fourth-order valence-electron chi connectivity index (χ4n) is 2.66. The molecule has 2 aromatic carbocycles. The van der Waals surface area contributed by atoms with E-state index in [9.17, 15) is 4.79 Å². The van der Waals surface area contributed by atoms with Crippen molar-refractivity contribution in [1.82, 2.24) is 4.90 Å². The van der Waals surface area contributed by atoms with Gasteiger partial charge in [0.2, 0.25) is 0 Å². The highest BCUT2D eigenvalue weighted by molar-refractivity contribution is 6.30. The number of aryl methyl sites for hydroxylation is 1. The molecular formula is C18H20ClN3O. The fourth-order valence-corrected chi connectivity index (χ4v) is 2.79. The van der Waals surface area contributed by atoms with Gasteiger partial charge in [0, 0.05) is 42.6 Å². The molecule has 2 amide bonds. The summed E-state index contributed by atoms with van der Waals surface area (Å²) < 4.78 is 0. The molecule has 0 bridgehead atoms. The number of urea groups is 1. The van der Waals surface area contributed by atoms with Crippen LogP contribution in [0.4, 0.5) is 16.2 Å². The van der Waals surface area contributed by atoms with Gasteiger partial charge in [0.1, 0.15) is 0 Å².